The van der Waals surface area contributed by atoms with Crippen molar-refractivity contribution < 1.29 is 0 Å². The fourth-order valence-corrected chi connectivity index (χ4v) is 2.05. The molecule has 0 aliphatic heterocycles. The molecular formula is C12H23NS. The normalized spacial score (nSPS) is 9.86. The van der Waals surface area contributed by atoms with Gasteiger partial charge in [-0.2, -0.15) is 0 Å². The molecule has 14 heavy (non-hydrogen) atoms. The monoisotopic (exact) mass is 213 g/mol. The highest BCUT2D eigenvalue weighted by Gasteiger charge is 2.06. The third-order valence-electron chi connectivity index (χ3n) is 1.75. The number of nitrogens with two attached hydrogens (primary N) is 1. The fourth-order valence-electron chi connectivity index (χ4n) is 1.03. The number of anilines is 1. The second-order valence-electron chi connectivity index (χ2n) is 3.74. The molecule has 0 fully saturated rings. The van der Waals surface area contributed by atoms with E-state index in [1.165, 1.54) is 16.2 Å². The van der Waals surface area contributed by atoms with Gasteiger partial charge in [0.05, 0.1) is 0 Å². The molecule has 2 N–H and O–H groups in total. The summed E-state index contributed by atoms with van der Waals surface area (Å²) < 4.78 is 0. The number of rotatable bonds is 2. The minimum absolute atomic E-state index is 0.614. The van der Waals surface area contributed by atoms with Gasteiger partial charge in [-0.25, -0.2) is 0 Å². The second kappa shape index (κ2) is 6.88. The molecule has 0 amide bonds. The van der Waals surface area contributed by atoms with E-state index in [-0.39, 0.29) is 0 Å². The summed E-state index contributed by atoms with van der Waals surface area (Å²) in [6.07, 6.45) is 2.31. The highest BCUT2D eigenvalue weighted by molar-refractivity contribution is 7.12. The summed E-state index contributed by atoms with van der Waals surface area (Å²) in [4.78, 5) is 2.73. The predicted octanol–water partition coefficient (Wildman–Crippen LogP) is 4.43. The van der Waals surface area contributed by atoms with Crippen LogP contribution in [0.4, 0.5) is 5.69 Å². The summed E-state index contributed by atoms with van der Waals surface area (Å²) in [5.41, 5.74) is 6.77. The van der Waals surface area contributed by atoms with Crippen LogP contribution in [-0.2, 0) is 6.42 Å². The minimum Gasteiger partial charge on any atom is -0.398 e. The van der Waals surface area contributed by atoms with E-state index >= 15 is 0 Å². The van der Waals surface area contributed by atoms with E-state index in [1.807, 2.05) is 11.3 Å². The molecule has 0 aromatic carbocycles. The van der Waals surface area contributed by atoms with Crippen LogP contribution < -0.4 is 5.73 Å². The fraction of sp³-hybridized carbons (Fsp3) is 0.667. The standard InChI is InChI=1S/C9H15NS.C3H8/c1-4-8-7(10)5-9(11-8)6(2)3;1-3-2/h5-6H,4,10H2,1-3H3;3H2,1-2H3. The maximum Gasteiger partial charge on any atom is 0.0458 e. The van der Waals surface area contributed by atoms with Crippen LogP contribution >= 0.6 is 11.3 Å². The van der Waals surface area contributed by atoms with Crippen molar-refractivity contribution in [3.8, 4) is 0 Å². The topological polar surface area (TPSA) is 26.0 Å². The quantitative estimate of drug-likeness (QED) is 0.772. The van der Waals surface area contributed by atoms with Crippen molar-refractivity contribution in [3.63, 3.8) is 0 Å². The van der Waals surface area contributed by atoms with Crippen molar-refractivity contribution >= 4 is 17.0 Å². The molecule has 1 rings (SSSR count). The lowest BCUT2D eigenvalue weighted by atomic mass is 10.2. The van der Waals surface area contributed by atoms with Crippen LogP contribution in [0.25, 0.3) is 0 Å². The van der Waals surface area contributed by atoms with Gasteiger partial charge in [-0.05, 0) is 18.4 Å². The van der Waals surface area contributed by atoms with Gasteiger partial charge in [0.15, 0.2) is 0 Å². The van der Waals surface area contributed by atoms with Crippen molar-refractivity contribution in [2.24, 2.45) is 0 Å². The maximum absolute atomic E-state index is 5.80. The Morgan fingerprint density at radius 2 is 1.79 bits per heavy atom. The summed E-state index contributed by atoms with van der Waals surface area (Å²) >= 11 is 1.84. The molecule has 0 saturated heterocycles. The molecule has 1 heterocycles. The zero-order chi connectivity index (χ0) is 11.1. The van der Waals surface area contributed by atoms with E-state index in [2.05, 4.69) is 40.7 Å². The summed E-state index contributed by atoms with van der Waals surface area (Å²) in [7, 11) is 0. The number of hydrogen-bond donors (Lipinski definition) is 1. The largest absolute Gasteiger partial charge is 0.398 e. The first-order chi connectivity index (χ1) is 6.56. The molecule has 2 heteroatoms. The lowest BCUT2D eigenvalue weighted by molar-refractivity contribution is 0.890. The Bertz CT molecular complexity index is 251. The summed E-state index contributed by atoms with van der Waals surface area (Å²) in [5.74, 6) is 0.614. The molecule has 82 valence electrons. The minimum atomic E-state index is 0.614. The SMILES string of the molecule is CCC.CCc1sc(C(C)C)cc1N. The first-order valence-corrected chi connectivity index (χ1v) is 6.26. The molecule has 0 spiro atoms. The predicted molar refractivity (Wildman–Crippen MR) is 68.2 cm³/mol. The highest BCUT2D eigenvalue weighted by atomic mass is 32.1. The molecule has 0 bridgehead atoms. The molecular weight excluding hydrogens is 190 g/mol. The third-order valence-corrected chi connectivity index (χ3v) is 3.35. The van der Waals surface area contributed by atoms with Crippen LogP contribution in [0.1, 0.15) is 56.7 Å². The molecule has 0 atom stereocenters. The zero-order valence-corrected chi connectivity index (χ0v) is 10.9. The Labute approximate surface area is 92.3 Å². The van der Waals surface area contributed by atoms with Crippen LogP contribution in [0.15, 0.2) is 6.07 Å². The Kier molecular flexibility index (Phi) is 6.64. The van der Waals surface area contributed by atoms with Gasteiger partial charge >= 0.3 is 0 Å². The van der Waals surface area contributed by atoms with Crippen molar-refractivity contribution in [2.75, 3.05) is 5.73 Å². The first-order valence-electron chi connectivity index (χ1n) is 5.44. The maximum atomic E-state index is 5.80. The second-order valence-corrected chi connectivity index (χ2v) is 4.91. The average molecular weight is 213 g/mol. The molecule has 0 aliphatic carbocycles. The number of hydrogen-bond acceptors (Lipinski definition) is 2. The van der Waals surface area contributed by atoms with Crippen LogP contribution in [-0.4, -0.2) is 0 Å². The zero-order valence-electron chi connectivity index (χ0n) is 10.1. The summed E-state index contributed by atoms with van der Waals surface area (Å²) in [5, 5.41) is 0. The van der Waals surface area contributed by atoms with Crippen molar-refractivity contribution in [1.82, 2.24) is 0 Å². The molecule has 0 saturated carbocycles. The van der Waals surface area contributed by atoms with Crippen LogP contribution in [0, 0.1) is 0 Å². The van der Waals surface area contributed by atoms with Gasteiger partial charge in [0.1, 0.15) is 0 Å². The van der Waals surface area contributed by atoms with Gasteiger partial charge in [0, 0.05) is 15.4 Å². The molecule has 0 aliphatic rings. The Morgan fingerprint density at radius 3 is 2.00 bits per heavy atom. The van der Waals surface area contributed by atoms with Gasteiger partial charge in [-0.15, -0.1) is 11.3 Å². The molecule has 0 unspecified atom stereocenters. The number of nitrogen functional groups attached to an aromatic ring is 1. The Balaban J connectivity index is 0.000000500. The number of thiophene rings is 1. The van der Waals surface area contributed by atoms with Gasteiger partial charge in [0.2, 0.25) is 0 Å². The van der Waals surface area contributed by atoms with Gasteiger partial charge in [-0.3, -0.25) is 0 Å². The van der Waals surface area contributed by atoms with Crippen LogP contribution in [0.2, 0.25) is 0 Å². The number of aryl methyl sites for hydroxylation is 1. The van der Waals surface area contributed by atoms with Crippen molar-refractivity contribution in [3.05, 3.63) is 15.8 Å². The van der Waals surface area contributed by atoms with E-state index in [4.69, 9.17) is 5.73 Å². The van der Waals surface area contributed by atoms with E-state index in [9.17, 15) is 0 Å². The van der Waals surface area contributed by atoms with Crippen molar-refractivity contribution in [1.29, 1.82) is 0 Å². The van der Waals surface area contributed by atoms with Gasteiger partial charge < -0.3 is 5.73 Å². The molecule has 1 aromatic rings. The Hall–Kier alpha value is -0.500. The molecule has 1 nitrogen and oxygen atoms in total. The smallest absolute Gasteiger partial charge is 0.0458 e. The van der Waals surface area contributed by atoms with E-state index in [0.717, 1.165) is 12.1 Å². The van der Waals surface area contributed by atoms with E-state index in [0.29, 0.717) is 5.92 Å². The lowest BCUT2D eigenvalue weighted by Gasteiger charge is -1.96. The van der Waals surface area contributed by atoms with Crippen LogP contribution in [0.3, 0.4) is 0 Å². The first kappa shape index (κ1) is 13.5. The van der Waals surface area contributed by atoms with E-state index in [1.54, 1.807) is 0 Å². The molecule has 0 radical (unpaired) electrons. The lowest BCUT2D eigenvalue weighted by Crippen LogP contribution is -1.84. The van der Waals surface area contributed by atoms with Gasteiger partial charge in [0.25, 0.3) is 0 Å². The summed E-state index contributed by atoms with van der Waals surface area (Å²) in [6, 6.07) is 2.11. The summed E-state index contributed by atoms with van der Waals surface area (Å²) in [6.45, 7) is 10.8. The highest BCUT2D eigenvalue weighted by Crippen LogP contribution is 2.30. The Morgan fingerprint density at radius 1 is 1.29 bits per heavy atom. The third kappa shape index (κ3) is 4.14. The average Bonchev–Trinajstić information content (AvgIpc) is 2.48. The van der Waals surface area contributed by atoms with Crippen LogP contribution in [0.5, 0.6) is 0 Å². The van der Waals surface area contributed by atoms with E-state index < -0.39 is 0 Å². The van der Waals surface area contributed by atoms with Crippen molar-refractivity contribution in [2.45, 2.75) is 53.4 Å². The van der Waals surface area contributed by atoms with Gasteiger partial charge in [-0.1, -0.05) is 41.0 Å². The molecule has 1 aromatic heterocycles.